The van der Waals surface area contributed by atoms with Gasteiger partial charge in [0.15, 0.2) is 5.92 Å². The molecule has 21 heavy (non-hydrogen) atoms. The van der Waals surface area contributed by atoms with Crippen LogP contribution < -0.4 is 0 Å². The highest BCUT2D eigenvalue weighted by Gasteiger charge is 2.27. The Balaban J connectivity index is 2.54. The molecule has 0 saturated heterocycles. The average Bonchev–Trinajstić information content (AvgIpc) is 2.47. The number of rotatable bonds is 5. The number of Topliss-reactive ketones (excluding diaryl/α,β-unsaturated/α-hetero) is 1. The van der Waals surface area contributed by atoms with Crippen molar-refractivity contribution in [2.75, 3.05) is 7.11 Å². The fourth-order valence-corrected chi connectivity index (χ4v) is 2.34. The van der Waals surface area contributed by atoms with E-state index in [0.717, 1.165) is 22.9 Å². The number of nitrogens with zero attached hydrogens (tertiary/aromatic N) is 1. The molecule has 0 fully saturated rings. The molecule has 1 aromatic heterocycles. The summed E-state index contributed by atoms with van der Waals surface area (Å²) < 4.78 is 4.69. The largest absolute Gasteiger partial charge is 0.468 e. The highest BCUT2D eigenvalue weighted by Crippen LogP contribution is 2.23. The van der Waals surface area contributed by atoms with E-state index in [-0.39, 0.29) is 5.78 Å². The van der Waals surface area contributed by atoms with E-state index in [1.54, 1.807) is 6.07 Å². The molecule has 1 unspecified atom stereocenters. The molecule has 0 amide bonds. The van der Waals surface area contributed by atoms with E-state index < -0.39 is 11.9 Å². The van der Waals surface area contributed by atoms with Crippen LogP contribution in [0.2, 0.25) is 0 Å². The lowest BCUT2D eigenvalue weighted by Gasteiger charge is -2.12. The fraction of sp³-hybridized carbons (Fsp3) is 0.235. The van der Waals surface area contributed by atoms with Gasteiger partial charge in [-0.1, -0.05) is 24.3 Å². The van der Waals surface area contributed by atoms with Gasteiger partial charge in [0.2, 0.25) is 0 Å². The van der Waals surface area contributed by atoms with Crippen molar-refractivity contribution in [2.45, 2.75) is 19.3 Å². The summed E-state index contributed by atoms with van der Waals surface area (Å²) in [7, 11) is 1.27. The highest BCUT2D eigenvalue weighted by atomic mass is 16.5. The average molecular weight is 283 g/mol. The molecule has 0 N–H and O–H groups in total. The van der Waals surface area contributed by atoms with Crippen LogP contribution in [0.15, 0.2) is 43.0 Å². The SMILES string of the molecule is C=CCc1cccc2nc(C(C(C)=O)C(=O)OC)ccc12. The van der Waals surface area contributed by atoms with E-state index in [1.165, 1.54) is 14.0 Å². The van der Waals surface area contributed by atoms with Gasteiger partial charge in [0, 0.05) is 5.39 Å². The number of aromatic nitrogens is 1. The fourth-order valence-electron chi connectivity index (χ4n) is 2.34. The van der Waals surface area contributed by atoms with Crippen LogP contribution in [0.5, 0.6) is 0 Å². The Morgan fingerprint density at radius 3 is 2.71 bits per heavy atom. The van der Waals surface area contributed by atoms with Crippen molar-refractivity contribution < 1.29 is 14.3 Å². The van der Waals surface area contributed by atoms with E-state index in [0.29, 0.717) is 5.69 Å². The quantitative estimate of drug-likeness (QED) is 0.481. The summed E-state index contributed by atoms with van der Waals surface area (Å²) in [6, 6.07) is 9.36. The maximum atomic E-state index is 11.8. The second-order valence-corrected chi connectivity index (χ2v) is 4.78. The number of allylic oxidation sites excluding steroid dienone is 1. The van der Waals surface area contributed by atoms with Crippen LogP contribution in [0, 0.1) is 0 Å². The van der Waals surface area contributed by atoms with Crippen molar-refractivity contribution in [3.8, 4) is 0 Å². The Bertz CT molecular complexity index is 706. The van der Waals surface area contributed by atoms with Crippen molar-refractivity contribution >= 4 is 22.7 Å². The van der Waals surface area contributed by atoms with Gasteiger partial charge in [-0.15, -0.1) is 6.58 Å². The summed E-state index contributed by atoms with van der Waals surface area (Å²) in [5.41, 5.74) is 2.28. The van der Waals surface area contributed by atoms with Crippen LogP contribution in [0.4, 0.5) is 0 Å². The molecule has 0 aliphatic rings. The van der Waals surface area contributed by atoms with Gasteiger partial charge in [-0.05, 0) is 31.0 Å². The van der Waals surface area contributed by atoms with Crippen molar-refractivity contribution in [3.05, 3.63) is 54.2 Å². The Kier molecular flexibility index (Phi) is 4.48. The molecule has 4 nitrogen and oxygen atoms in total. The summed E-state index contributed by atoms with van der Waals surface area (Å²) in [5.74, 6) is -1.84. The molecule has 0 aliphatic heterocycles. The summed E-state index contributed by atoms with van der Waals surface area (Å²) in [6.45, 7) is 5.10. The van der Waals surface area contributed by atoms with Gasteiger partial charge in [-0.3, -0.25) is 14.6 Å². The van der Waals surface area contributed by atoms with Gasteiger partial charge < -0.3 is 4.74 Å². The number of methoxy groups -OCH3 is 1. The minimum Gasteiger partial charge on any atom is -0.468 e. The number of benzene rings is 1. The van der Waals surface area contributed by atoms with E-state index in [2.05, 4.69) is 16.3 Å². The molecule has 108 valence electrons. The van der Waals surface area contributed by atoms with Crippen molar-refractivity contribution in [2.24, 2.45) is 0 Å². The minimum absolute atomic E-state index is 0.282. The molecule has 1 aromatic carbocycles. The van der Waals surface area contributed by atoms with E-state index in [4.69, 9.17) is 0 Å². The molecule has 0 bridgehead atoms. The second kappa shape index (κ2) is 6.31. The van der Waals surface area contributed by atoms with Gasteiger partial charge in [0.25, 0.3) is 0 Å². The topological polar surface area (TPSA) is 56.3 Å². The maximum absolute atomic E-state index is 11.8. The zero-order valence-corrected chi connectivity index (χ0v) is 12.1. The third-order valence-electron chi connectivity index (χ3n) is 3.35. The number of hydrogen-bond acceptors (Lipinski definition) is 4. The Labute approximate surface area is 123 Å². The van der Waals surface area contributed by atoms with Crippen LogP contribution in [-0.4, -0.2) is 23.8 Å². The second-order valence-electron chi connectivity index (χ2n) is 4.78. The van der Waals surface area contributed by atoms with Gasteiger partial charge >= 0.3 is 5.97 Å². The van der Waals surface area contributed by atoms with Crippen molar-refractivity contribution in [3.63, 3.8) is 0 Å². The first kappa shape index (κ1) is 14.9. The summed E-state index contributed by atoms with van der Waals surface area (Å²) in [4.78, 5) is 27.9. The summed E-state index contributed by atoms with van der Waals surface area (Å²) >= 11 is 0. The van der Waals surface area contributed by atoms with Crippen LogP contribution in [-0.2, 0) is 20.7 Å². The maximum Gasteiger partial charge on any atom is 0.322 e. The Morgan fingerprint density at radius 1 is 1.33 bits per heavy atom. The lowest BCUT2D eigenvalue weighted by Crippen LogP contribution is -2.22. The third kappa shape index (κ3) is 2.99. The molecule has 1 heterocycles. The van der Waals surface area contributed by atoms with Gasteiger partial charge in [-0.2, -0.15) is 0 Å². The number of carbonyl (C=O) groups excluding carboxylic acids is 2. The number of fused-ring (bicyclic) bond motifs is 1. The molecule has 0 spiro atoms. The predicted molar refractivity (Wildman–Crippen MR) is 81.1 cm³/mol. The first-order valence-electron chi connectivity index (χ1n) is 6.66. The molecule has 2 rings (SSSR count). The number of carbonyl (C=O) groups is 2. The monoisotopic (exact) mass is 283 g/mol. The van der Waals surface area contributed by atoms with Crippen LogP contribution in [0.3, 0.4) is 0 Å². The number of hydrogen-bond donors (Lipinski definition) is 0. The van der Waals surface area contributed by atoms with E-state index in [9.17, 15) is 9.59 Å². The smallest absolute Gasteiger partial charge is 0.322 e. The number of ketones is 1. The lowest BCUT2D eigenvalue weighted by atomic mass is 9.98. The van der Waals surface area contributed by atoms with Gasteiger partial charge in [-0.25, -0.2) is 0 Å². The number of pyridine rings is 1. The number of esters is 1. The van der Waals surface area contributed by atoms with Crippen LogP contribution >= 0.6 is 0 Å². The minimum atomic E-state index is -0.970. The zero-order chi connectivity index (χ0) is 15.4. The molecule has 4 heteroatoms. The molecule has 2 aromatic rings. The Hall–Kier alpha value is -2.49. The van der Waals surface area contributed by atoms with Gasteiger partial charge in [0.05, 0.1) is 18.3 Å². The van der Waals surface area contributed by atoms with Crippen molar-refractivity contribution in [1.82, 2.24) is 4.98 Å². The predicted octanol–water partition coefficient (Wildman–Crippen LogP) is 2.81. The summed E-state index contributed by atoms with van der Waals surface area (Å²) in [6.07, 6.45) is 2.57. The molecular weight excluding hydrogens is 266 g/mol. The van der Waals surface area contributed by atoms with E-state index in [1.807, 2.05) is 30.3 Å². The zero-order valence-electron chi connectivity index (χ0n) is 12.1. The normalized spacial score (nSPS) is 11.9. The van der Waals surface area contributed by atoms with E-state index >= 15 is 0 Å². The molecule has 1 atom stereocenters. The third-order valence-corrected chi connectivity index (χ3v) is 3.35. The molecule has 0 radical (unpaired) electrons. The summed E-state index contributed by atoms with van der Waals surface area (Å²) in [5, 5.41) is 0.994. The molecule has 0 aliphatic carbocycles. The lowest BCUT2D eigenvalue weighted by molar-refractivity contribution is -0.145. The van der Waals surface area contributed by atoms with Crippen molar-refractivity contribution in [1.29, 1.82) is 0 Å². The highest BCUT2D eigenvalue weighted by molar-refractivity contribution is 6.03. The first-order valence-corrected chi connectivity index (χ1v) is 6.66. The van der Waals surface area contributed by atoms with Crippen LogP contribution in [0.1, 0.15) is 24.1 Å². The van der Waals surface area contributed by atoms with Crippen LogP contribution in [0.25, 0.3) is 10.9 Å². The van der Waals surface area contributed by atoms with Gasteiger partial charge in [0.1, 0.15) is 5.78 Å². The number of ether oxygens (including phenoxy) is 1. The molecule has 0 saturated carbocycles. The Morgan fingerprint density at radius 2 is 2.10 bits per heavy atom. The standard InChI is InChI=1S/C17H17NO3/c1-4-6-12-7-5-8-14-13(12)9-10-15(18-14)16(11(2)19)17(20)21-3/h4-5,7-10,16H,1,6H2,2-3H3. The first-order chi connectivity index (χ1) is 10.1. The molecular formula is C17H17NO3.